The second-order valence-corrected chi connectivity index (χ2v) is 8.88. The number of hydrogen-bond donors (Lipinski definition) is 1. The third kappa shape index (κ3) is 4.55. The Kier molecular flexibility index (Phi) is 6.59. The van der Waals surface area contributed by atoms with Gasteiger partial charge < -0.3 is 19.7 Å². The van der Waals surface area contributed by atoms with Gasteiger partial charge in [0, 0.05) is 25.8 Å². The molecule has 170 valence electrons. The quantitative estimate of drug-likeness (QED) is 0.582. The fourth-order valence-electron chi connectivity index (χ4n) is 3.87. The lowest BCUT2D eigenvalue weighted by Crippen LogP contribution is -2.35. The largest absolute Gasteiger partial charge is 0.493 e. The third-order valence-electron chi connectivity index (χ3n) is 5.60. The lowest BCUT2D eigenvalue weighted by molar-refractivity contribution is 0.0952. The van der Waals surface area contributed by atoms with Crippen LogP contribution < -0.4 is 25.2 Å². The normalized spacial score (nSPS) is 16.2. The molecule has 0 aliphatic carbocycles. The molecule has 1 N–H and O–H groups in total. The zero-order valence-corrected chi connectivity index (χ0v) is 19.3. The van der Waals surface area contributed by atoms with Gasteiger partial charge in [0.1, 0.15) is 5.56 Å². The van der Waals surface area contributed by atoms with Crippen molar-refractivity contribution in [1.82, 2.24) is 19.9 Å². The molecule has 1 aliphatic rings. The number of aromatic nitrogens is 3. The molecule has 9 nitrogen and oxygen atoms in total. The summed E-state index contributed by atoms with van der Waals surface area (Å²) in [5.41, 5.74) is 0.512. The van der Waals surface area contributed by atoms with E-state index >= 15 is 0 Å². The topological polar surface area (TPSA) is 98.1 Å². The number of carbonyl (C=O) groups is 1. The molecular formula is C22H27N5O4S. The molecule has 32 heavy (non-hydrogen) atoms. The first-order valence-electron chi connectivity index (χ1n) is 10.6. The summed E-state index contributed by atoms with van der Waals surface area (Å²) in [4.78, 5) is 32.5. The number of methoxy groups -OCH3 is 2. The molecule has 0 unspecified atom stereocenters. The number of hydrogen-bond acceptors (Lipinski definition) is 8. The molecule has 2 aromatic heterocycles. The van der Waals surface area contributed by atoms with E-state index in [1.54, 1.807) is 14.2 Å². The number of piperidine rings is 1. The lowest BCUT2D eigenvalue weighted by atomic mass is 10.0. The number of ether oxygens (including phenoxy) is 2. The molecule has 3 aromatic rings. The van der Waals surface area contributed by atoms with E-state index in [4.69, 9.17) is 9.47 Å². The fraction of sp³-hybridized carbons (Fsp3) is 0.455. The second-order valence-electron chi connectivity index (χ2n) is 7.94. The standard InChI is InChI=1S/C22H27N5O4S/c1-14-5-4-10-26(13-14)22-25-27-20(29)16(12-24-21(27)32-22)19(28)23-9-8-15-6-7-17(30-2)18(11-15)31-3/h6-7,11-12,14H,4-5,8-10,13H2,1-3H3,(H,23,28)/t14-/m0/s1. The van der Waals surface area contributed by atoms with E-state index < -0.39 is 11.5 Å². The highest BCUT2D eigenvalue weighted by molar-refractivity contribution is 7.20. The van der Waals surface area contributed by atoms with Crippen LogP contribution in [0.15, 0.2) is 29.2 Å². The van der Waals surface area contributed by atoms with Crippen molar-refractivity contribution in [1.29, 1.82) is 0 Å². The average Bonchev–Trinajstić information content (AvgIpc) is 3.24. The van der Waals surface area contributed by atoms with E-state index in [1.165, 1.54) is 28.5 Å². The molecule has 0 bridgehead atoms. The summed E-state index contributed by atoms with van der Waals surface area (Å²) in [5.74, 6) is 1.41. The van der Waals surface area contributed by atoms with Crippen molar-refractivity contribution in [2.75, 3.05) is 38.8 Å². The molecule has 1 aliphatic heterocycles. The van der Waals surface area contributed by atoms with E-state index in [0.717, 1.165) is 30.2 Å². The second kappa shape index (κ2) is 9.56. The molecule has 0 radical (unpaired) electrons. The zero-order chi connectivity index (χ0) is 22.7. The van der Waals surface area contributed by atoms with Gasteiger partial charge in [-0.3, -0.25) is 9.59 Å². The van der Waals surface area contributed by atoms with Crippen molar-refractivity contribution >= 4 is 27.3 Å². The molecule has 0 spiro atoms. The van der Waals surface area contributed by atoms with E-state index in [0.29, 0.717) is 35.3 Å². The highest BCUT2D eigenvalue weighted by Crippen LogP contribution is 2.28. The summed E-state index contributed by atoms with van der Waals surface area (Å²) >= 11 is 1.37. The summed E-state index contributed by atoms with van der Waals surface area (Å²) in [6.45, 7) is 4.42. The predicted octanol–water partition coefficient (Wildman–Crippen LogP) is 2.38. The number of nitrogens with one attached hydrogen (secondary N) is 1. The number of anilines is 1. The summed E-state index contributed by atoms with van der Waals surface area (Å²) in [6.07, 6.45) is 4.22. The van der Waals surface area contributed by atoms with Crippen molar-refractivity contribution in [2.24, 2.45) is 5.92 Å². The molecule has 3 heterocycles. The maximum Gasteiger partial charge on any atom is 0.288 e. The Balaban J connectivity index is 1.44. The van der Waals surface area contributed by atoms with Gasteiger partial charge in [-0.15, -0.1) is 5.10 Å². The molecule has 1 saturated heterocycles. The number of carbonyl (C=O) groups excluding carboxylic acids is 1. The third-order valence-corrected chi connectivity index (χ3v) is 6.58. The van der Waals surface area contributed by atoms with Crippen LogP contribution in [0.3, 0.4) is 0 Å². The molecular weight excluding hydrogens is 430 g/mol. The molecule has 1 fully saturated rings. The van der Waals surface area contributed by atoms with Crippen LogP contribution in [0.5, 0.6) is 11.5 Å². The van der Waals surface area contributed by atoms with Gasteiger partial charge in [0.15, 0.2) is 11.5 Å². The van der Waals surface area contributed by atoms with Crippen LogP contribution in [0.4, 0.5) is 5.13 Å². The molecule has 10 heteroatoms. The van der Waals surface area contributed by atoms with Gasteiger partial charge >= 0.3 is 0 Å². The monoisotopic (exact) mass is 457 g/mol. The van der Waals surface area contributed by atoms with Crippen LogP contribution in [-0.2, 0) is 6.42 Å². The number of fused-ring (bicyclic) bond motifs is 1. The molecule has 1 amide bonds. The fourth-order valence-corrected chi connectivity index (χ4v) is 4.77. The molecule has 1 atom stereocenters. The Morgan fingerprint density at radius 2 is 2.09 bits per heavy atom. The smallest absolute Gasteiger partial charge is 0.288 e. The van der Waals surface area contributed by atoms with E-state index in [1.807, 2.05) is 18.2 Å². The minimum Gasteiger partial charge on any atom is -0.493 e. The lowest BCUT2D eigenvalue weighted by Gasteiger charge is -2.30. The van der Waals surface area contributed by atoms with Crippen LogP contribution in [0, 0.1) is 5.92 Å². The van der Waals surface area contributed by atoms with Crippen molar-refractivity contribution < 1.29 is 14.3 Å². The zero-order valence-electron chi connectivity index (χ0n) is 18.5. The van der Waals surface area contributed by atoms with Crippen LogP contribution in [0.25, 0.3) is 4.96 Å². The first-order chi connectivity index (χ1) is 15.5. The average molecular weight is 458 g/mol. The van der Waals surface area contributed by atoms with E-state index in [-0.39, 0.29) is 5.56 Å². The number of amides is 1. The van der Waals surface area contributed by atoms with Gasteiger partial charge in [0.25, 0.3) is 11.5 Å². The Morgan fingerprint density at radius 1 is 1.28 bits per heavy atom. The molecule has 1 aromatic carbocycles. The van der Waals surface area contributed by atoms with Crippen LogP contribution in [-0.4, -0.2) is 54.4 Å². The first kappa shape index (κ1) is 22.1. The minimum absolute atomic E-state index is 0.0151. The maximum absolute atomic E-state index is 12.9. The van der Waals surface area contributed by atoms with Gasteiger partial charge in [-0.2, -0.15) is 4.52 Å². The van der Waals surface area contributed by atoms with Crippen molar-refractivity contribution in [3.63, 3.8) is 0 Å². The Labute approximate surface area is 190 Å². The van der Waals surface area contributed by atoms with Gasteiger partial charge in [-0.05, 0) is 42.9 Å². The highest BCUT2D eigenvalue weighted by Gasteiger charge is 2.22. The van der Waals surface area contributed by atoms with Crippen molar-refractivity contribution in [2.45, 2.75) is 26.2 Å². The predicted molar refractivity (Wildman–Crippen MR) is 123 cm³/mol. The van der Waals surface area contributed by atoms with Gasteiger partial charge in [-0.25, -0.2) is 4.98 Å². The Hall–Kier alpha value is -3.14. The summed E-state index contributed by atoms with van der Waals surface area (Å²) < 4.78 is 11.8. The van der Waals surface area contributed by atoms with Crippen molar-refractivity contribution in [3.8, 4) is 11.5 Å². The number of rotatable bonds is 7. The van der Waals surface area contributed by atoms with Crippen LogP contribution in [0.2, 0.25) is 0 Å². The van der Waals surface area contributed by atoms with Crippen LogP contribution >= 0.6 is 11.3 Å². The van der Waals surface area contributed by atoms with Gasteiger partial charge in [-0.1, -0.05) is 24.3 Å². The number of benzene rings is 1. The summed E-state index contributed by atoms with van der Waals surface area (Å²) in [7, 11) is 3.16. The summed E-state index contributed by atoms with van der Waals surface area (Å²) in [5, 5.41) is 8.02. The Morgan fingerprint density at radius 3 is 2.84 bits per heavy atom. The number of nitrogens with zero attached hydrogens (tertiary/aromatic N) is 4. The van der Waals surface area contributed by atoms with Crippen LogP contribution in [0.1, 0.15) is 35.7 Å². The highest BCUT2D eigenvalue weighted by atomic mass is 32.1. The maximum atomic E-state index is 12.9. The minimum atomic E-state index is -0.460. The molecule has 4 rings (SSSR count). The van der Waals surface area contributed by atoms with Crippen molar-refractivity contribution in [3.05, 3.63) is 45.9 Å². The SMILES string of the molecule is COc1ccc(CCNC(=O)c2cnc3sc(N4CCC[C@H](C)C4)nn3c2=O)cc1OC. The summed E-state index contributed by atoms with van der Waals surface area (Å²) in [6, 6.07) is 5.60. The van der Waals surface area contributed by atoms with Gasteiger partial charge in [0.2, 0.25) is 10.1 Å². The van der Waals surface area contributed by atoms with Gasteiger partial charge in [0.05, 0.1) is 14.2 Å². The molecule has 0 saturated carbocycles. The van der Waals surface area contributed by atoms with E-state index in [2.05, 4.69) is 27.2 Å². The van der Waals surface area contributed by atoms with E-state index in [9.17, 15) is 9.59 Å². The first-order valence-corrected chi connectivity index (χ1v) is 11.4. The Bertz CT molecular complexity index is 1170.